The van der Waals surface area contributed by atoms with Gasteiger partial charge in [0.1, 0.15) is 12.3 Å². The summed E-state index contributed by atoms with van der Waals surface area (Å²) in [6.45, 7) is 9.88. The molecule has 0 saturated carbocycles. The van der Waals surface area contributed by atoms with Crippen LogP contribution in [0.15, 0.2) is 28.6 Å². The molecule has 3 aliphatic heterocycles. The van der Waals surface area contributed by atoms with Crippen molar-refractivity contribution in [3.8, 4) is 0 Å². The van der Waals surface area contributed by atoms with E-state index >= 15 is 0 Å². The van der Waals surface area contributed by atoms with Gasteiger partial charge in [-0.2, -0.15) is 0 Å². The number of aromatic nitrogens is 1. The fourth-order valence-corrected chi connectivity index (χ4v) is 6.09. The molecule has 1 spiro atoms. The van der Waals surface area contributed by atoms with Crippen molar-refractivity contribution in [2.45, 2.75) is 64.6 Å². The van der Waals surface area contributed by atoms with Gasteiger partial charge in [-0.25, -0.2) is 4.98 Å². The molecule has 30 heavy (non-hydrogen) atoms. The lowest BCUT2D eigenvalue weighted by Crippen LogP contribution is -2.51. The highest BCUT2D eigenvalue weighted by molar-refractivity contribution is 7.12. The van der Waals surface area contributed by atoms with Crippen LogP contribution in [0.25, 0.3) is 0 Å². The highest BCUT2D eigenvalue weighted by Gasteiger charge is 2.44. The Morgan fingerprint density at radius 2 is 2.27 bits per heavy atom. The van der Waals surface area contributed by atoms with Crippen LogP contribution in [0.1, 0.15) is 53.7 Å². The third-order valence-corrected chi connectivity index (χ3v) is 7.82. The molecule has 2 aromatic rings. The molecule has 3 aliphatic rings. The second kappa shape index (κ2) is 8.00. The average Bonchev–Trinajstić information content (AvgIpc) is 3.45. The first-order valence-electron chi connectivity index (χ1n) is 10.9. The van der Waals surface area contributed by atoms with Gasteiger partial charge < -0.3 is 14.6 Å². The largest absolute Gasteiger partial charge is 0.444 e. The molecule has 1 saturated heterocycles. The lowest BCUT2D eigenvalue weighted by Gasteiger charge is -2.47. The number of piperidine rings is 1. The Morgan fingerprint density at radius 1 is 1.37 bits per heavy atom. The first-order chi connectivity index (χ1) is 14.5. The van der Waals surface area contributed by atoms with Gasteiger partial charge in [0.05, 0.1) is 24.1 Å². The maximum atomic E-state index is 6.48. The molecule has 162 valence electrons. The quantitative estimate of drug-likeness (QED) is 0.756. The number of ether oxygens (including phenoxy) is 1. The number of hydrogen-bond donors (Lipinski definition) is 2. The predicted molar refractivity (Wildman–Crippen MR) is 116 cm³/mol. The number of hydrogen-bond acceptors (Lipinski definition) is 8. The van der Waals surface area contributed by atoms with Crippen LogP contribution in [0.4, 0.5) is 0 Å². The first-order valence-corrected chi connectivity index (χ1v) is 11.8. The molecule has 1 fully saturated rings. The summed E-state index contributed by atoms with van der Waals surface area (Å²) in [4.78, 5) is 9.88. The van der Waals surface area contributed by atoms with Crippen LogP contribution in [-0.2, 0) is 29.7 Å². The molecule has 8 heteroatoms. The number of oxazole rings is 1. The summed E-state index contributed by atoms with van der Waals surface area (Å²) in [6, 6.07) is 2.88. The van der Waals surface area contributed by atoms with Crippen molar-refractivity contribution >= 4 is 11.3 Å². The summed E-state index contributed by atoms with van der Waals surface area (Å²) >= 11 is 1.99. The molecule has 0 unspecified atom stereocenters. The Morgan fingerprint density at radius 3 is 3.03 bits per heavy atom. The highest BCUT2D eigenvalue weighted by atomic mass is 32.1. The standard InChI is InChI=1S/C22H31N5O2S/c1-4-18-9-19-20(30-18)5-8-28-22(19)6-7-26(15(2)10-22)12-17-13-27(25-24-17)14-21-23-11-16(3)29-21/h9,11,13,15,24-25H,4-8,10,12,14H2,1-3H3/t15-,22+/m0/s1. The molecule has 2 N–H and O–H groups in total. The molecule has 5 heterocycles. The SMILES string of the molecule is CCc1cc2c(s1)CCO[C@@]21CCN(CC2=CN(Cc3ncc(C)o3)NN2)[C@@H](C)C1. The van der Waals surface area contributed by atoms with E-state index in [2.05, 4.69) is 47.0 Å². The number of nitrogens with one attached hydrogen (secondary N) is 2. The van der Waals surface area contributed by atoms with Crippen LogP contribution in [0.3, 0.4) is 0 Å². The average molecular weight is 430 g/mol. The second-order valence-electron chi connectivity index (χ2n) is 8.65. The van der Waals surface area contributed by atoms with Crippen molar-refractivity contribution in [2.24, 2.45) is 0 Å². The molecular formula is C22H31N5O2S. The topological polar surface area (TPSA) is 65.8 Å². The molecule has 5 rings (SSSR count). The van der Waals surface area contributed by atoms with E-state index < -0.39 is 0 Å². The molecule has 2 atom stereocenters. The zero-order valence-electron chi connectivity index (χ0n) is 18.0. The lowest BCUT2D eigenvalue weighted by molar-refractivity contribution is -0.109. The van der Waals surface area contributed by atoms with E-state index in [1.807, 2.05) is 23.3 Å². The predicted octanol–water partition coefficient (Wildman–Crippen LogP) is 3.23. The van der Waals surface area contributed by atoms with E-state index in [9.17, 15) is 0 Å². The van der Waals surface area contributed by atoms with Crippen LogP contribution in [0, 0.1) is 6.92 Å². The Balaban J connectivity index is 1.23. The van der Waals surface area contributed by atoms with Crippen LogP contribution < -0.4 is 11.0 Å². The summed E-state index contributed by atoms with van der Waals surface area (Å²) in [6.07, 6.45) is 8.17. The van der Waals surface area contributed by atoms with Crippen molar-refractivity contribution in [1.82, 2.24) is 25.9 Å². The van der Waals surface area contributed by atoms with Crippen molar-refractivity contribution in [3.05, 3.63) is 51.1 Å². The molecular weight excluding hydrogens is 398 g/mol. The molecule has 0 aromatic carbocycles. The monoisotopic (exact) mass is 429 g/mol. The van der Waals surface area contributed by atoms with Gasteiger partial charge in [-0.05, 0) is 44.7 Å². The fourth-order valence-electron chi connectivity index (χ4n) is 4.91. The number of aryl methyl sites for hydroxylation is 2. The normalized spacial score (nSPS) is 26.7. The maximum Gasteiger partial charge on any atom is 0.215 e. The van der Waals surface area contributed by atoms with Gasteiger partial charge >= 0.3 is 0 Å². The molecule has 7 nitrogen and oxygen atoms in total. The third kappa shape index (κ3) is 3.77. The fraction of sp³-hybridized carbons (Fsp3) is 0.591. The first kappa shape index (κ1) is 20.1. The van der Waals surface area contributed by atoms with Crippen molar-refractivity contribution in [1.29, 1.82) is 0 Å². The van der Waals surface area contributed by atoms with Gasteiger partial charge in [0.15, 0.2) is 0 Å². The lowest BCUT2D eigenvalue weighted by atomic mass is 9.79. The highest BCUT2D eigenvalue weighted by Crippen LogP contribution is 2.46. The summed E-state index contributed by atoms with van der Waals surface area (Å²) in [5, 5.41) is 1.98. The van der Waals surface area contributed by atoms with E-state index in [0.717, 1.165) is 56.8 Å². The van der Waals surface area contributed by atoms with Gasteiger partial charge in [0.2, 0.25) is 5.89 Å². The molecule has 0 aliphatic carbocycles. The van der Waals surface area contributed by atoms with Crippen LogP contribution in [0.5, 0.6) is 0 Å². The number of fused-ring (bicyclic) bond motifs is 2. The third-order valence-electron chi connectivity index (χ3n) is 6.48. The summed E-state index contributed by atoms with van der Waals surface area (Å²) in [5.74, 6) is 1.54. The van der Waals surface area contributed by atoms with Gasteiger partial charge in [-0.15, -0.1) is 16.9 Å². The van der Waals surface area contributed by atoms with E-state index in [1.54, 1.807) is 11.1 Å². The van der Waals surface area contributed by atoms with Crippen molar-refractivity contribution < 1.29 is 9.15 Å². The Bertz CT molecular complexity index is 938. The van der Waals surface area contributed by atoms with Crippen molar-refractivity contribution in [3.63, 3.8) is 0 Å². The summed E-state index contributed by atoms with van der Waals surface area (Å²) in [5.41, 5.74) is 9.04. The zero-order valence-corrected chi connectivity index (χ0v) is 18.8. The minimum atomic E-state index is -0.0853. The van der Waals surface area contributed by atoms with E-state index in [-0.39, 0.29) is 5.60 Å². The van der Waals surface area contributed by atoms with Crippen LogP contribution in [-0.4, -0.2) is 40.6 Å². The van der Waals surface area contributed by atoms with E-state index in [1.165, 1.54) is 10.4 Å². The zero-order chi connectivity index (χ0) is 20.7. The van der Waals surface area contributed by atoms with Gasteiger partial charge in [-0.3, -0.25) is 9.91 Å². The van der Waals surface area contributed by atoms with Crippen LogP contribution >= 0.6 is 11.3 Å². The van der Waals surface area contributed by atoms with Gasteiger partial charge in [0, 0.05) is 41.5 Å². The number of thiophene rings is 1. The smallest absolute Gasteiger partial charge is 0.215 e. The van der Waals surface area contributed by atoms with E-state index in [4.69, 9.17) is 9.15 Å². The number of hydrazine groups is 2. The van der Waals surface area contributed by atoms with Gasteiger partial charge in [-0.1, -0.05) is 6.92 Å². The Labute approximate surface area is 182 Å². The maximum absolute atomic E-state index is 6.48. The summed E-state index contributed by atoms with van der Waals surface area (Å²) < 4.78 is 12.1. The number of likely N-dealkylation sites (tertiary alicyclic amines) is 1. The summed E-state index contributed by atoms with van der Waals surface area (Å²) in [7, 11) is 0. The molecule has 0 amide bonds. The van der Waals surface area contributed by atoms with Crippen LogP contribution in [0.2, 0.25) is 0 Å². The number of nitrogens with zero attached hydrogens (tertiary/aromatic N) is 3. The molecule has 0 bridgehead atoms. The minimum Gasteiger partial charge on any atom is -0.444 e. The minimum absolute atomic E-state index is 0.0853. The molecule has 0 radical (unpaired) electrons. The van der Waals surface area contributed by atoms with E-state index in [0.29, 0.717) is 18.5 Å². The Hall–Kier alpha value is -1.87. The van der Waals surface area contributed by atoms with Crippen molar-refractivity contribution in [2.75, 3.05) is 19.7 Å². The number of rotatable bonds is 5. The van der Waals surface area contributed by atoms with Gasteiger partial charge in [0.25, 0.3) is 0 Å². The second-order valence-corrected chi connectivity index (χ2v) is 9.87. The Kier molecular flexibility index (Phi) is 5.35. The molecule has 2 aromatic heterocycles.